The molecule has 3 aromatic rings. The van der Waals surface area contributed by atoms with E-state index in [0.717, 1.165) is 39.7 Å². The summed E-state index contributed by atoms with van der Waals surface area (Å²) in [6.45, 7) is 4.63. The van der Waals surface area contributed by atoms with Gasteiger partial charge in [-0.1, -0.05) is 25.1 Å². The summed E-state index contributed by atoms with van der Waals surface area (Å²) in [5.74, 6) is 0.408. The fraction of sp³-hybridized carbons (Fsp3) is 0.263. The largest absolute Gasteiger partial charge is 0.496 e. The Kier molecular flexibility index (Phi) is 4.90. The van der Waals surface area contributed by atoms with Crippen molar-refractivity contribution in [3.05, 3.63) is 58.4 Å². The van der Waals surface area contributed by atoms with Crippen molar-refractivity contribution >= 4 is 17.2 Å². The lowest BCUT2D eigenvalue weighted by Gasteiger charge is -2.14. The number of amides is 1. The van der Waals surface area contributed by atoms with Gasteiger partial charge in [0.1, 0.15) is 10.8 Å². The molecule has 0 aliphatic heterocycles. The van der Waals surface area contributed by atoms with Gasteiger partial charge < -0.3 is 15.0 Å². The van der Waals surface area contributed by atoms with Crippen molar-refractivity contribution in [2.24, 2.45) is 5.73 Å². The number of nitrogens with two attached hydrogens (primary N) is 1. The molecule has 5 nitrogen and oxygen atoms in total. The van der Waals surface area contributed by atoms with E-state index in [2.05, 4.69) is 16.5 Å². The highest BCUT2D eigenvalue weighted by Gasteiger charge is 2.25. The van der Waals surface area contributed by atoms with Gasteiger partial charge in [0.25, 0.3) is 5.91 Å². The second-order valence-corrected chi connectivity index (χ2v) is 6.63. The molecule has 25 heavy (non-hydrogen) atoms. The van der Waals surface area contributed by atoms with E-state index in [1.807, 2.05) is 36.6 Å². The number of rotatable bonds is 6. The lowest BCUT2D eigenvalue weighted by atomic mass is 10.1. The molecule has 1 amide bonds. The van der Waals surface area contributed by atoms with E-state index < -0.39 is 5.91 Å². The molecule has 2 heterocycles. The van der Waals surface area contributed by atoms with Crippen LogP contribution in [0.15, 0.2) is 35.8 Å². The number of carbonyl (C=O) groups excluding carboxylic acids is 1. The quantitative estimate of drug-likeness (QED) is 0.734. The number of hydrogen-bond donors (Lipinski definition) is 1. The lowest BCUT2D eigenvalue weighted by Crippen LogP contribution is -2.13. The van der Waals surface area contributed by atoms with Gasteiger partial charge in [0.05, 0.1) is 19.2 Å². The van der Waals surface area contributed by atoms with E-state index in [-0.39, 0.29) is 0 Å². The molecule has 0 fully saturated rings. The summed E-state index contributed by atoms with van der Waals surface area (Å²) in [4.78, 5) is 16.6. The molecule has 0 atom stereocenters. The Morgan fingerprint density at radius 2 is 2.12 bits per heavy atom. The molecule has 0 aliphatic rings. The number of carbonyl (C=O) groups is 1. The first-order valence-corrected chi connectivity index (χ1v) is 8.99. The van der Waals surface area contributed by atoms with Crippen molar-refractivity contribution in [2.75, 3.05) is 7.11 Å². The average Bonchev–Trinajstić information content (AvgIpc) is 3.22. The molecule has 0 bridgehead atoms. The molecule has 0 saturated carbocycles. The van der Waals surface area contributed by atoms with Crippen molar-refractivity contribution in [1.82, 2.24) is 9.55 Å². The summed E-state index contributed by atoms with van der Waals surface area (Å²) in [5.41, 5.74) is 10.1. The number of benzene rings is 1. The molecule has 0 aliphatic carbocycles. The molecule has 6 heteroatoms. The minimum absolute atomic E-state index is 0.420. The SMILES string of the molecule is CCc1c(-c2nccs2)c(C(N)=O)c(C)n1Cc1ccccc1OC. The highest BCUT2D eigenvalue weighted by atomic mass is 32.1. The molecule has 1 aromatic carbocycles. The number of para-hydroxylation sites is 1. The zero-order chi connectivity index (χ0) is 18.0. The minimum Gasteiger partial charge on any atom is -0.496 e. The van der Waals surface area contributed by atoms with Crippen LogP contribution in [0.4, 0.5) is 0 Å². The van der Waals surface area contributed by atoms with Crippen LogP contribution in [0.2, 0.25) is 0 Å². The van der Waals surface area contributed by atoms with E-state index in [1.54, 1.807) is 13.3 Å². The van der Waals surface area contributed by atoms with Gasteiger partial charge >= 0.3 is 0 Å². The van der Waals surface area contributed by atoms with Crippen LogP contribution in [-0.4, -0.2) is 22.6 Å². The van der Waals surface area contributed by atoms with E-state index >= 15 is 0 Å². The van der Waals surface area contributed by atoms with Crippen LogP contribution >= 0.6 is 11.3 Å². The molecule has 0 unspecified atom stereocenters. The third-order valence-electron chi connectivity index (χ3n) is 4.38. The van der Waals surface area contributed by atoms with Crippen LogP contribution in [-0.2, 0) is 13.0 Å². The number of ether oxygens (including phenoxy) is 1. The van der Waals surface area contributed by atoms with Gasteiger partial charge in [0.2, 0.25) is 0 Å². The second-order valence-electron chi connectivity index (χ2n) is 5.74. The molecular weight excluding hydrogens is 334 g/mol. The molecule has 130 valence electrons. The van der Waals surface area contributed by atoms with Crippen molar-refractivity contribution < 1.29 is 9.53 Å². The maximum Gasteiger partial charge on any atom is 0.251 e. The molecule has 2 aromatic heterocycles. The van der Waals surface area contributed by atoms with Gasteiger partial charge in [-0.3, -0.25) is 4.79 Å². The Bertz CT molecular complexity index is 898. The van der Waals surface area contributed by atoms with Crippen molar-refractivity contribution in [2.45, 2.75) is 26.8 Å². The fourth-order valence-corrected chi connectivity index (χ4v) is 3.97. The van der Waals surface area contributed by atoms with E-state index in [4.69, 9.17) is 10.5 Å². The predicted octanol–water partition coefficient (Wildman–Crippen LogP) is 3.64. The number of aromatic nitrogens is 2. The standard InChI is InChI=1S/C19H21N3O2S/c1-4-14-17(19-21-9-10-25-19)16(18(20)23)12(2)22(14)11-13-7-5-6-8-15(13)24-3/h5-10H,4,11H2,1-3H3,(H2,20,23). The van der Waals surface area contributed by atoms with Gasteiger partial charge in [-0.05, 0) is 19.4 Å². The highest BCUT2D eigenvalue weighted by Crippen LogP contribution is 2.35. The second kappa shape index (κ2) is 7.11. The molecule has 3 rings (SSSR count). The van der Waals surface area contributed by atoms with E-state index in [1.165, 1.54) is 11.3 Å². The van der Waals surface area contributed by atoms with Crippen molar-refractivity contribution in [1.29, 1.82) is 0 Å². The van der Waals surface area contributed by atoms with Crippen LogP contribution in [0.5, 0.6) is 5.75 Å². The monoisotopic (exact) mass is 355 g/mol. The Labute approximate surface area is 151 Å². The van der Waals surface area contributed by atoms with Gasteiger partial charge in [0.15, 0.2) is 0 Å². The fourth-order valence-electron chi connectivity index (χ4n) is 3.26. The number of primary amides is 1. The van der Waals surface area contributed by atoms with Crippen LogP contribution in [0, 0.1) is 6.92 Å². The predicted molar refractivity (Wildman–Crippen MR) is 100 cm³/mol. The number of nitrogens with zero attached hydrogens (tertiary/aromatic N) is 2. The van der Waals surface area contributed by atoms with Crippen LogP contribution in [0.3, 0.4) is 0 Å². The first-order valence-electron chi connectivity index (χ1n) is 8.12. The third-order valence-corrected chi connectivity index (χ3v) is 5.17. The molecule has 2 N–H and O–H groups in total. The number of hydrogen-bond acceptors (Lipinski definition) is 4. The van der Waals surface area contributed by atoms with E-state index in [9.17, 15) is 4.79 Å². The van der Waals surface area contributed by atoms with E-state index in [0.29, 0.717) is 12.1 Å². The smallest absolute Gasteiger partial charge is 0.251 e. The summed E-state index contributed by atoms with van der Waals surface area (Å²) in [6.07, 6.45) is 2.52. The Morgan fingerprint density at radius 1 is 1.36 bits per heavy atom. The molecule has 0 spiro atoms. The molecule has 0 saturated heterocycles. The first-order chi connectivity index (χ1) is 12.1. The highest BCUT2D eigenvalue weighted by molar-refractivity contribution is 7.13. The lowest BCUT2D eigenvalue weighted by molar-refractivity contribution is 0.1000. The topological polar surface area (TPSA) is 70.1 Å². The summed E-state index contributed by atoms with van der Waals surface area (Å²) < 4.78 is 7.62. The average molecular weight is 355 g/mol. The van der Waals surface area contributed by atoms with Crippen molar-refractivity contribution in [3.8, 4) is 16.3 Å². The third kappa shape index (κ3) is 3.05. The zero-order valence-electron chi connectivity index (χ0n) is 14.6. The van der Waals surface area contributed by atoms with Gasteiger partial charge in [-0.25, -0.2) is 4.98 Å². The first kappa shape index (κ1) is 17.2. The van der Waals surface area contributed by atoms with Crippen LogP contribution in [0.1, 0.15) is 34.2 Å². The van der Waals surface area contributed by atoms with Gasteiger partial charge in [-0.2, -0.15) is 0 Å². The maximum atomic E-state index is 12.2. The number of methoxy groups -OCH3 is 1. The summed E-state index contributed by atoms with van der Waals surface area (Å²) in [6, 6.07) is 7.90. The zero-order valence-corrected chi connectivity index (χ0v) is 15.4. The van der Waals surface area contributed by atoms with Gasteiger partial charge in [0, 0.05) is 34.1 Å². The van der Waals surface area contributed by atoms with Crippen LogP contribution < -0.4 is 10.5 Å². The Hall–Kier alpha value is -2.60. The summed E-state index contributed by atoms with van der Waals surface area (Å²) in [5, 5.41) is 2.74. The Balaban J connectivity index is 2.20. The maximum absolute atomic E-state index is 12.2. The minimum atomic E-state index is -0.420. The summed E-state index contributed by atoms with van der Waals surface area (Å²) >= 11 is 1.52. The van der Waals surface area contributed by atoms with Crippen molar-refractivity contribution in [3.63, 3.8) is 0 Å². The normalized spacial score (nSPS) is 10.8. The van der Waals surface area contributed by atoms with Crippen LogP contribution in [0.25, 0.3) is 10.6 Å². The summed E-state index contributed by atoms with van der Waals surface area (Å²) in [7, 11) is 1.66. The number of thiazole rings is 1. The van der Waals surface area contributed by atoms with Gasteiger partial charge in [-0.15, -0.1) is 11.3 Å². The molecule has 0 radical (unpaired) electrons. The Morgan fingerprint density at radius 3 is 2.72 bits per heavy atom. The molecular formula is C19H21N3O2S.